The van der Waals surface area contributed by atoms with Gasteiger partial charge in [-0.2, -0.15) is 15.0 Å². The Hall–Kier alpha value is -2.79. The Kier molecular flexibility index (Phi) is 5.86. The average Bonchev–Trinajstić information content (AvgIpc) is 2.79. The number of amides is 1. The largest absolute Gasteiger partial charge is 0.378 e. The van der Waals surface area contributed by atoms with Gasteiger partial charge in [0.15, 0.2) is 5.82 Å². The fraction of sp³-hybridized carbons (Fsp3) is 0.529. The van der Waals surface area contributed by atoms with Gasteiger partial charge in [-0.3, -0.25) is 4.79 Å². The Labute approximate surface area is 172 Å². The smallest absolute Gasteiger partial charge is 0.237 e. The summed E-state index contributed by atoms with van der Waals surface area (Å²) in [7, 11) is 0. The molecule has 2 fully saturated rings. The van der Waals surface area contributed by atoms with E-state index in [9.17, 15) is 4.79 Å². The van der Waals surface area contributed by atoms with Crippen molar-refractivity contribution in [2.45, 2.75) is 0 Å². The summed E-state index contributed by atoms with van der Waals surface area (Å²) >= 11 is 5.67. The molecule has 0 radical (unpaired) electrons. The lowest BCUT2D eigenvalue weighted by Crippen LogP contribution is -2.49. The number of morpholine rings is 1. The summed E-state index contributed by atoms with van der Waals surface area (Å²) < 4.78 is 5.44. The van der Waals surface area contributed by atoms with Gasteiger partial charge in [-0.1, -0.05) is 0 Å². The fourth-order valence-electron chi connectivity index (χ4n) is 3.22. The van der Waals surface area contributed by atoms with Gasteiger partial charge in [0.1, 0.15) is 5.88 Å². The monoisotopic (exact) mass is 419 g/mol. The molecule has 12 heteroatoms. The first-order valence-electron chi connectivity index (χ1n) is 9.39. The number of anilines is 3. The molecule has 0 spiro atoms. The van der Waals surface area contributed by atoms with Gasteiger partial charge in [-0.15, -0.1) is 11.6 Å². The van der Waals surface area contributed by atoms with Crippen LogP contribution in [0.25, 0.3) is 11.4 Å². The number of nitrogens with two attached hydrogens (primary N) is 1. The standard InChI is InChI=1S/C17H22ClN9O2/c18-9-13(28)25-1-3-26(4-2-25)16-22-14(12-10-20-15(19)21-11-12)23-17(24-16)27-5-7-29-8-6-27/h10-11H,1-9H2,(H2,19,20,21). The highest BCUT2D eigenvalue weighted by Gasteiger charge is 2.24. The Bertz CT molecular complexity index is 852. The highest BCUT2D eigenvalue weighted by molar-refractivity contribution is 6.27. The Morgan fingerprint density at radius 2 is 1.55 bits per heavy atom. The van der Waals surface area contributed by atoms with E-state index in [1.807, 2.05) is 4.90 Å². The van der Waals surface area contributed by atoms with E-state index in [1.165, 1.54) is 0 Å². The molecule has 4 rings (SSSR count). The topological polar surface area (TPSA) is 126 Å². The number of hydrogen-bond acceptors (Lipinski definition) is 10. The molecular formula is C17H22ClN9O2. The summed E-state index contributed by atoms with van der Waals surface area (Å²) in [5.74, 6) is 1.76. The van der Waals surface area contributed by atoms with Crippen molar-refractivity contribution in [3.05, 3.63) is 12.4 Å². The van der Waals surface area contributed by atoms with Crippen molar-refractivity contribution in [1.29, 1.82) is 0 Å². The van der Waals surface area contributed by atoms with Crippen LogP contribution < -0.4 is 15.5 Å². The lowest BCUT2D eigenvalue weighted by Gasteiger charge is -2.35. The number of halogens is 1. The van der Waals surface area contributed by atoms with Gasteiger partial charge in [-0.05, 0) is 0 Å². The molecule has 2 N–H and O–H groups in total. The Morgan fingerprint density at radius 1 is 0.966 bits per heavy atom. The van der Waals surface area contributed by atoms with Gasteiger partial charge in [-0.25, -0.2) is 9.97 Å². The first-order chi connectivity index (χ1) is 14.1. The summed E-state index contributed by atoms with van der Waals surface area (Å²) in [6.45, 7) is 5.05. The number of piperazine rings is 1. The fourth-order valence-corrected chi connectivity index (χ4v) is 3.39. The molecule has 2 aliphatic rings. The lowest BCUT2D eigenvalue weighted by molar-refractivity contribution is -0.128. The third-order valence-electron chi connectivity index (χ3n) is 4.87. The zero-order valence-electron chi connectivity index (χ0n) is 15.9. The van der Waals surface area contributed by atoms with Gasteiger partial charge in [0, 0.05) is 51.7 Å². The van der Waals surface area contributed by atoms with Crippen LogP contribution in [0.1, 0.15) is 0 Å². The van der Waals surface area contributed by atoms with Crippen LogP contribution in [0.15, 0.2) is 12.4 Å². The molecule has 2 saturated heterocycles. The minimum absolute atomic E-state index is 0.00573. The summed E-state index contributed by atoms with van der Waals surface area (Å²) in [4.78, 5) is 39.7. The van der Waals surface area contributed by atoms with Crippen molar-refractivity contribution in [1.82, 2.24) is 29.8 Å². The van der Waals surface area contributed by atoms with E-state index in [0.717, 1.165) is 0 Å². The number of carbonyl (C=O) groups is 1. The molecule has 0 aromatic carbocycles. The predicted octanol–water partition coefficient (Wildman–Crippen LogP) is -0.365. The van der Waals surface area contributed by atoms with Crippen LogP contribution in [-0.4, -0.2) is 94.1 Å². The SMILES string of the molecule is Nc1ncc(-c2nc(N3CCOCC3)nc(N3CCN(C(=O)CCl)CC3)n2)cn1. The van der Waals surface area contributed by atoms with Gasteiger partial charge in [0.2, 0.25) is 23.8 Å². The third kappa shape index (κ3) is 4.46. The highest BCUT2D eigenvalue weighted by atomic mass is 35.5. The number of alkyl halides is 1. The van der Waals surface area contributed by atoms with E-state index in [-0.39, 0.29) is 17.7 Å². The van der Waals surface area contributed by atoms with Gasteiger partial charge in [0.05, 0.1) is 18.8 Å². The van der Waals surface area contributed by atoms with Crippen molar-refractivity contribution in [2.75, 3.05) is 73.9 Å². The van der Waals surface area contributed by atoms with E-state index in [2.05, 4.69) is 24.8 Å². The highest BCUT2D eigenvalue weighted by Crippen LogP contribution is 2.22. The average molecular weight is 420 g/mol. The second-order valence-corrected chi connectivity index (χ2v) is 6.96. The molecule has 0 aliphatic carbocycles. The summed E-state index contributed by atoms with van der Waals surface area (Å²) in [6.07, 6.45) is 3.20. The minimum atomic E-state index is -0.0596. The second kappa shape index (κ2) is 8.70. The van der Waals surface area contributed by atoms with Crippen molar-refractivity contribution in [2.24, 2.45) is 0 Å². The van der Waals surface area contributed by atoms with Gasteiger partial charge < -0.3 is 25.2 Å². The molecule has 2 aliphatic heterocycles. The van der Waals surface area contributed by atoms with E-state index in [1.54, 1.807) is 17.3 Å². The summed E-state index contributed by atoms with van der Waals surface area (Å²) in [6, 6.07) is 0. The molecule has 0 atom stereocenters. The number of rotatable bonds is 4. The lowest BCUT2D eigenvalue weighted by atomic mass is 10.3. The molecule has 154 valence electrons. The van der Waals surface area contributed by atoms with E-state index in [4.69, 9.17) is 27.1 Å². The van der Waals surface area contributed by atoms with Crippen LogP contribution in [0.5, 0.6) is 0 Å². The molecule has 2 aromatic heterocycles. The van der Waals surface area contributed by atoms with Crippen molar-refractivity contribution < 1.29 is 9.53 Å². The maximum Gasteiger partial charge on any atom is 0.237 e. The molecule has 2 aromatic rings. The quantitative estimate of drug-likeness (QED) is 0.656. The van der Waals surface area contributed by atoms with Crippen LogP contribution >= 0.6 is 11.6 Å². The number of ether oxygens (including phenoxy) is 1. The first-order valence-corrected chi connectivity index (χ1v) is 9.93. The predicted molar refractivity (Wildman–Crippen MR) is 108 cm³/mol. The zero-order valence-corrected chi connectivity index (χ0v) is 16.6. The molecule has 0 unspecified atom stereocenters. The van der Waals surface area contributed by atoms with Gasteiger partial charge in [0.25, 0.3) is 0 Å². The maximum atomic E-state index is 11.8. The molecule has 0 bridgehead atoms. The third-order valence-corrected chi connectivity index (χ3v) is 5.09. The summed E-state index contributed by atoms with van der Waals surface area (Å²) in [5.41, 5.74) is 6.26. The van der Waals surface area contributed by atoms with E-state index >= 15 is 0 Å². The Balaban J connectivity index is 1.63. The Morgan fingerprint density at radius 3 is 2.14 bits per heavy atom. The summed E-state index contributed by atoms with van der Waals surface area (Å²) in [5, 5.41) is 0. The molecule has 0 saturated carbocycles. The van der Waals surface area contributed by atoms with Crippen molar-refractivity contribution in [3.8, 4) is 11.4 Å². The minimum Gasteiger partial charge on any atom is -0.378 e. The molecule has 29 heavy (non-hydrogen) atoms. The molecule has 1 amide bonds. The van der Waals surface area contributed by atoms with Crippen LogP contribution in [-0.2, 0) is 9.53 Å². The van der Waals surface area contributed by atoms with Crippen LogP contribution in [0, 0.1) is 0 Å². The van der Waals surface area contributed by atoms with E-state index < -0.39 is 0 Å². The number of carbonyl (C=O) groups excluding carboxylic acids is 1. The van der Waals surface area contributed by atoms with Crippen LogP contribution in [0.4, 0.5) is 17.8 Å². The van der Waals surface area contributed by atoms with Gasteiger partial charge >= 0.3 is 0 Å². The second-order valence-electron chi connectivity index (χ2n) is 6.69. The number of nitrogen functional groups attached to an aromatic ring is 1. The molecule has 11 nitrogen and oxygen atoms in total. The van der Waals surface area contributed by atoms with E-state index in [0.29, 0.717) is 75.8 Å². The molecular weight excluding hydrogens is 398 g/mol. The van der Waals surface area contributed by atoms with Crippen LogP contribution in [0.2, 0.25) is 0 Å². The number of nitrogens with zero attached hydrogens (tertiary/aromatic N) is 8. The molecule has 4 heterocycles. The van der Waals surface area contributed by atoms with Crippen LogP contribution in [0.3, 0.4) is 0 Å². The first kappa shape index (κ1) is 19.5. The maximum absolute atomic E-state index is 11.8. The van der Waals surface area contributed by atoms with Crippen molar-refractivity contribution in [3.63, 3.8) is 0 Å². The number of aromatic nitrogens is 5. The normalized spacial score (nSPS) is 17.5. The zero-order chi connectivity index (χ0) is 20.2. The number of hydrogen-bond donors (Lipinski definition) is 1. The van der Waals surface area contributed by atoms with Crippen molar-refractivity contribution >= 4 is 35.4 Å².